The lowest BCUT2D eigenvalue weighted by Crippen LogP contribution is -2.47. The van der Waals surface area contributed by atoms with Gasteiger partial charge in [0, 0.05) is 37.5 Å². The average molecular weight is 362 g/mol. The summed E-state index contributed by atoms with van der Waals surface area (Å²) in [4.78, 5) is 12.5. The molecule has 6 heteroatoms. The van der Waals surface area contributed by atoms with Crippen molar-refractivity contribution in [2.45, 2.75) is 31.8 Å². The van der Waals surface area contributed by atoms with E-state index in [2.05, 4.69) is 10.6 Å². The lowest BCUT2D eigenvalue weighted by Gasteiger charge is -2.37. The molecule has 2 saturated heterocycles. The number of hydrogen-bond acceptors (Lipinski definition) is 5. The Balaban J connectivity index is 1.52. The topological polar surface area (TPSA) is 68.8 Å². The zero-order valence-corrected chi connectivity index (χ0v) is 15.6. The Morgan fingerprint density at radius 1 is 1.23 bits per heavy atom. The van der Waals surface area contributed by atoms with Crippen molar-refractivity contribution in [3.05, 3.63) is 29.8 Å². The number of benzene rings is 1. The highest BCUT2D eigenvalue weighted by Crippen LogP contribution is 2.28. The minimum Gasteiger partial charge on any atom is -0.490 e. The van der Waals surface area contributed by atoms with E-state index in [9.17, 15) is 4.79 Å². The molecule has 2 N–H and O–H groups in total. The Kier molecular flexibility index (Phi) is 6.88. The fourth-order valence-electron chi connectivity index (χ4n) is 3.68. The number of methoxy groups -OCH3 is 1. The van der Waals surface area contributed by atoms with Crippen molar-refractivity contribution in [1.29, 1.82) is 0 Å². The summed E-state index contributed by atoms with van der Waals surface area (Å²) in [5, 5.41) is 6.46. The second-order valence-corrected chi connectivity index (χ2v) is 7.32. The third-order valence-corrected chi connectivity index (χ3v) is 5.33. The maximum Gasteiger partial charge on any atom is 0.251 e. The van der Waals surface area contributed by atoms with Crippen LogP contribution in [0.3, 0.4) is 0 Å². The van der Waals surface area contributed by atoms with Gasteiger partial charge in [0.05, 0.1) is 19.8 Å². The highest BCUT2D eigenvalue weighted by molar-refractivity contribution is 5.94. The minimum absolute atomic E-state index is 0.0295. The van der Waals surface area contributed by atoms with Gasteiger partial charge in [-0.25, -0.2) is 0 Å². The molecule has 0 unspecified atom stereocenters. The van der Waals surface area contributed by atoms with Gasteiger partial charge in [-0.3, -0.25) is 4.79 Å². The van der Waals surface area contributed by atoms with Crippen LogP contribution in [0.5, 0.6) is 5.75 Å². The van der Waals surface area contributed by atoms with Crippen molar-refractivity contribution in [2.75, 3.05) is 46.6 Å². The SMILES string of the molecule is COCC1(CNC(=O)c2ccc(OC3CCOCC3)cc2)CCNCC1. The van der Waals surface area contributed by atoms with Crippen LogP contribution in [0.15, 0.2) is 24.3 Å². The minimum atomic E-state index is -0.0448. The molecule has 0 saturated carbocycles. The quantitative estimate of drug-likeness (QED) is 0.776. The van der Waals surface area contributed by atoms with E-state index in [1.54, 1.807) is 7.11 Å². The van der Waals surface area contributed by atoms with E-state index in [0.29, 0.717) is 18.7 Å². The normalized spacial score (nSPS) is 20.5. The van der Waals surface area contributed by atoms with E-state index in [4.69, 9.17) is 14.2 Å². The summed E-state index contributed by atoms with van der Waals surface area (Å²) < 4.78 is 16.7. The molecule has 1 aromatic carbocycles. The van der Waals surface area contributed by atoms with Crippen molar-refractivity contribution in [3.63, 3.8) is 0 Å². The van der Waals surface area contributed by atoms with Crippen molar-refractivity contribution in [1.82, 2.24) is 10.6 Å². The maximum atomic E-state index is 12.5. The molecule has 0 aromatic heterocycles. The van der Waals surface area contributed by atoms with E-state index in [1.807, 2.05) is 24.3 Å². The first-order chi connectivity index (χ1) is 12.7. The number of rotatable bonds is 7. The molecule has 144 valence electrons. The maximum absolute atomic E-state index is 12.5. The van der Waals surface area contributed by atoms with Crippen LogP contribution in [0, 0.1) is 5.41 Å². The summed E-state index contributed by atoms with van der Waals surface area (Å²) in [5.74, 6) is 0.763. The molecule has 6 nitrogen and oxygen atoms in total. The Morgan fingerprint density at radius 2 is 1.92 bits per heavy atom. The lowest BCUT2D eigenvalue weighted by atomic mass is 9.79. The van der Waals surface area contributed by atoms with Crippen LogP contribution in [0.25, 0.3) is 0 Å². The number of hydrogen-bond donors (Lipinski definition) is 2. The molecular weight excluding hydrogens is 332 g/mol. The van der Waals surface area contributed by atoms with E-state index in [0.717, 1.165) is 57.7 Å². The lowest BCUT2D eigenvalue weighted by molar-refractivity contribution is 0.0256. The Bertz CT molecular complexity index is 558. The van der Waals surface area contributed by atoms with Gasteiger partial charge in [0.1, 0.15) is 11.9 Å². The summed E-state index contributed by atoms with van der Waals surface area (Å²) in [6, 6.07) is 7.41. The molecule has 2 aliphatic rings. The number of carbonyl (C=O) groups is 1. The molecule has 2 fully saturated rings. The number of carbonyl (C=O) groups excluding carboxylic acids is 1. The number of amides is 1. The first kappa shape index (κ1) is 19.1. The standard InChI is InChI=1S/C20H30N2O4/c1-24-15-20(8-10-21-11-9-20)14-22-19(23)16-2-4-17(5-3-16)26-18-6-12-25-13-7-18/h2-5,18,21H,6-15H2,1H3,(H,22,23). The van der Waals surface area contributed by atoms with Crippen LogP contribution in [0.1, 0.15) is 36.0 Å². The summed E-state index contributed by atoms with van der Waals surface area (Å²) in [6.45, 7) is 4.76. The summed E-state index contributed by atoms with van der Waals surface area (Å²) in [5.41, 5.74) is 0.688. The van der Waals surface area contributed by atoms with Gasteiger partial charge in [0.2, 0.25) is 0 Å². The predicted molar refractivity (Wildman–Crippen MR) is 99.7 cm³/mol. The molecule has 0 radical (unpaired) electrons. The molecular formula is C20H30N2O4. The molecule has 1 amide bonds. The Labute approximate surface area is 155 Å². The monoisotopic (exact) mass is 362 g/mol. The molecule has 1 aromatic rings. The van der Waals surface area contributed by atoms with Crippen LogP contribution in [-0.2, 0) is 9.47 Å². The highest BCUT2D eigenvalue weighted by Gasteiger charge is 2.32. The van der Waals surface area contributed by atoms with Gasteiger partial charge < -0.3 is 24.8 Å². The summed E-state index contributed by atoms with van der Waals surface area (Å²) in [6.07, 6.45) is 4.06. The predicted octanol–water partition coefficient (Wildman–Crippen LogP) is 1.99. The van der Waals surface area contributed by atoms with Crippen LogP contribution in [0.4, 0.5) is 0 Å². The molecule has 0 atom stereocenters. The largest absolute Gasteiger partial charge is 0.490 e. The fraction of sp³-hybridized carbons (Fsp3) is 0.650. The first-order valence-electron chi connectivity index (χ1n) is 9.53. The van der Waals surface area contributed by atoms with Crippen molar-refractivity contribution in [3.8, 4) is 5.75 Å². The van der Waals surface area contributed by atoms with E-state index in [-0.39, 0.29) is 17.4 Å². The average Bonchev–Trinajstić information content (AvgIpc) is 2.69. The van der Waals surface area contributed by atoms with Crippen LogP contribution >= 0.6 is 0 Å². The van der Waals surface area contributed by atoms with Gasteiger partial charge >= 0.3 is 0 Å². The van der Waals surface area contributed by atoms with E-state index < -0.39 is 0 Å². The van der Waals surface area contributed by atoms with Gasteiger partial charge in [-0.05, 0) is 50.2 Å². The molecule has 2 aliphatic heterocycles. The van der Waals surface area contributed by atoms with Crippen LogP contribution in [0.2, 0.25) is 0 Å². The summed E-state index contributed by atoms with van der Waals surface area (Å²) >= 11 is 0. The van der Waals surface area contributed by atoms with E-state index >= 15 is 0 Å². The fourth-order valence-corrected chi connectivity index (χ4v) is 3.68. The van der Waals surface area contributed by atoms with Crippen molar-refractivity contribution in [2.24, 2.45) is 5.41 Å². The third-order valence-electron chi connectivity index (χ3n) is 5.33. The van der Waals surface area contributed by atoms with Gasteiger partial charge in [-0.15, -0.1) is 0 Å². The van der Waals surface area contributed by atoms with Gasteiger partial charge in [-0.1, -0.05) is 0 Å². The van der Waals surface area contributed by atoms with Gasteiger partial charge in [0.15, 0.2) is 0 Å². The zero-order chi connectivity index (χ0) is 18.2. The molecule has 26 heavy (non-hydrogen) atoms. The Morgan fingerprint density at radius 3 is 2.58 bits per heavy atom. The third kappa shape index (κ3) is 5.19. The molecule has 3 rings (SSSR count). The molecule has 0 aliphatic carbocycles. The second kappa shape index (κ2) is 9.35. The van der Waals surface area contributed by atoms with Gasteiger partial charge in [-0.2, -0.15) is 0 Å². The summed E-state index contributed by atoms with van der Waals surface area (Å²) in [7, 11) is 1.72. The van der Waals surface area contributed by atoms with Crippen LogP contribution < -0.4 is 15.4 Å². The highest BCUT2D eigenvalue weighted by atomic mass is 16.5. The molecule has 0 bridgehead atoms. The van der Waals surface area contributed by atoms with Crippen LogP contribution in [-0.4, -0.2) is 58.6 Å². The zero-order valence-electron chi connectivity index (χ0n) is 15.6. The number of ether oxygens (including phenoxy) is 3. The first-order valence-corrected chi connectivity index (χ1v) is 9.53. The molecule has 0 spiro atoms. The molecule has 2 heterocycles. The van der Waals surface area contributed by atoms with Crippen molar-refractivity contribution < 1.29 is 19.0 Å². The number of piperidine rings is 1. The smallest absolute Gasteiger partial charge is 0.251 e. The van der Waals surface area contributed by atoms with E-state index in [1.165, 1.54) is 0 Å². The van der Waals surface area contributed by atoms with Crippen molar-refractivity contribution >= 4 is 5.91 Å². The second-order valence-electron chi connectivity index (χ2n) is 7.32. The Hall–Kier alpha value is -1.63. The van der Waals surface area contributed by atoms with Gasteiger partial charge in [0.25, 0.3) is 5.91 Å². The number of nitrogens with one attached hydrogen (secondary N) is 2.